The molecule has 0 N–H and O–H groups in total. The van der Waals surface area contributed by atoms with Gasteiger partial charge in [0.1, 0.15) is 0 Å². The molecule has 0 aliphatic carbocycles. The molecule has 2 rings (SSSR count). The molecule has 2 aromatic rings. The Balaban J connectivity index is 2.63. The van der Waals surface area contributed by atoms with E-state index in [0.717, 1.165) is 11.1 Å². The van der Waals surface area contributed by atoms with Crippen LogP contribution in [0.2, 0.25) is 0 Å². The summed E-state index contributed by atoms with van der Waals surface area (Å²) in [6, 6.07) is 10.9. The van der Waals surface area contributed by atoms with E-state index in [-0.39, 0.29) is 17.8 Å². The highest BCUT2D eigenvalue weighted by molar-refractivity contribution is 7.62. The number of aryl methyl sites for hydroxylation is 2. The quantitative estimate of drug-likeness (QED) is 0.496. The second-order valence-electron chi connectivity index (χ2n) is 7.68. The fraction of sp³-hybridized carbons (Fsp3) is 0.409. The number of hydrogen-bond donors (Lipinski definition) is 0. The molecule has 0 radical (unpaired) electrons. The summed E-state index contributed by atoms with van der Waals surface area (Å²) >= 11 is 0. The molecule has 0 spiro atoms. The Morgan fingerprint density at radius 3 is 2.11 bits per heavy atom. The first-order valence-electron chi connectivity index (χ1n) is 9.11. The largest absolute Gasteiger partial charge is 0.361 e. The molecule has 2 aromatic carbocycles. The molecule has 0 heterocycles. The molecule has 4 nitrogen and oxygen atoms in total. The van der Waals surface area contributed by atoms with Gasteiger partial charge in [-0.05, 0) is 48.9 Å². The Labute approximate surface area is 162 Å². The van der Waals surface area contributed by atoms with Crippen molar-refractivity contribution in [3.8, 4) is 0 Å². The van der Waals surface area contributed by atoms with E-state index in [1.165, 1.54) is 12.7 Å². The topological polar surface area (TPSA) is 52.6 Å². The predicted octanol–water partition coefficient (Wildman–Crippen LogP) is 5.33. The van der Waals surface area contributed by atoms with Crippen LogP contribution < -0.4 is 5.30 Å². The Morgan fingerprint density at radius 1 is 1.07 bits per heavy atom. The van der Waals surface area contributed by atoms with Gasteiger partial charge in [0, 0.05) is 18.2 Å². The minimum absolute atomic E-state index is 0.00424. The standard InChI is InChI=1S/C22H29O4P/c1-8-26-27(24,25-7)19-12-10-9-11-18(19)21(23)20-15(2)13-17(14-16(20)3)22(4,5)6/h9-14H,8H2,1-7H3. The molecule has 1 atom stereocenters. The van der Waals surface area contributed by atoms with Crippen LogP contribution in [0, 0.1) is 13.8 Å². The number of benzene rings is 2. The molecule has 0 saturated heterocycles. The number of ketones is 1. The van der Waals surface area contributed by atoms with E-state index in [2.05, 4.69) is 32.9 Å². The van der Waals surface area contributed by atoms with Gasteiger partial charge >= 0.3 is 7.60 Å². The SMILES string of the molecule is CCOP(=O)(OC)c1ccccc1C(=O)c1c(C)cc(C(C)(C)C)cc1C. The zero-order valence-corrected chi connectivity index (χ0v) is 18.1. The van der Waals surface area contributed by atoms with Crippen molar-refractivity contribution >= 4 is 18.7 Å². The summed E-state index contributed by atoms with van der Waals surface area (Å²) in [6.07, 6.45) is 0. The van der Waals surface area contributed by atoms with Crippen LogP contribution in [0.25, 0.3) is 0 Å². The molecule has 0 amide bonds. The van der Waals surface area contributed by atoms with Crippen LogP contribution in [0.15, 0.2) is 36.4 Å². The van der Waals surface area contributed by atoms with Crippen molar-refractivity contribution in [2.24, 2.45) is 0 Å². The van der Waals surface area contributed by atoms with Gasteiger partial charge in [-0.3, -0.25) is 9.36 Å². The molecule has 0 aliphatic rings. The second-order valence-corrected chi connectivity index (χ2v) is 9.78. The van der Waals surface area contributed by atoms with Crippen molar-refractivity contribution < 1.29 is 18.4 Å². The Bertz CT molecular complexity index is 870. The molecule has 1 unspecified atom stereocenters. The van der Waals surface area contributed by atoms with Gasteiger partial charge < -0.3 is 9.05 Å². The van der Waals surface area contributed by atoms with Crippen molar-refractivity contribution in [2.75, 3.05) is 13.7 Å². The van der Waals surface area contributed by atoms with Crippen LogP contribution in [0.4, 0.5) is 0 Å². The monoisotopic (exact) mass is 388 g/mol. The van der Waals surface area contributed by atoms with E-state index >= 15 is 0 Å². The predicted molar refractivity (Wildman–Crippen MR) is 110 cm³/mol. The van der Waals surface area contributed by atoms with Gasteiger partial charge in [-0.25, -0.2) is 0 Å². The van der Waals surface area contributed by atoms with E-state index in [0.29, 0.717) is 16.4 Å². The molecule has 146 valence electrons. The zero-order chi connectivity index (χ0) is 20.4. The van der Waals surface area contributed by atoms with Crippen molar-refractivity contribution in [1.82, 2.24) is 0 Å². The fourth-order valence-electron chi connectivity index (χ4n) is 3.18. The van der Waals surface area contributed by atoms with Crippen LogP contribution in [0.3, 0.4) is 0 Å². The van der Waals surface area contributed by atoms with Crippen molar-refractivity contribution in [3.05, 3.63) is 64.2 Å². The van der Waals surface area contributed by atoms with Gasteiger partial charge in [-0.1, -0.05) is 51.1 Å². The van der Waals surface area contributed by atoms with Gasteiger partial charge in [-0.15, -0.1) is 0 Å². The lowest BCUT2D eigenvalue weighted by molar-refractivity contribution is 0.103. The molecule has 0 fully saturated rings. The third-order valence-corrected chi connectivity index (χ3v) is 6.67. The third kappa shape index (κ3) is 4.40. The van der Waals surface area contributed by atoms with Gasteiger partial charge in [0.25, 0.3) is 0 Å². The average molecular weight is 388 g/mol. The minimum atomic E-state index is -3.55. The van der Waals surface area contributed by atoms with Crippen LogP contribution in [-0.4, -0.2) is 19.5 Å². The lowest BCUT2D eigenvalue weighted by Gasteiger charge is -2.23. The van der Waals surface area contributed by atoms with Crippen LogP contribution in [-0.2, 0) is 19.0 Å². The lowest BCUT2D eigenvalue weighted by atomic mass is 9.82. The van der Waals surface area contributed by atoms with Crippen molar-refractivity contribution in [2.45, 2.75) is 47.0 Å². The van der Waals surface area contributed by atoms with E-state index in [9.17, 15) is 9.36 Å². The van der Waals surface area contributed by atoms with Gasteiger partial charge in [-0.2, -0.15) is 0 Å². The third-order valence-electron chi connectivity index (χ3n) is 4.61. The molecule has 0 bridgehead atoms. The van der Waals surface area contributed by atoms with Gasteiger partial charge in [0.15, 0.2) is 5.78 Å². The summed E-state index contributed by atoms with van der Waals surface area (Å²) in [5.41, 5.74) is 3.97. The summed E-state index contributed by atoms with van der Waals surface area (Å²) in [5, 5.41) is 0.304. The molecular weight excluding hydrogens is 359 g/mol. The summed E-state index contributed by atoms with van der Waals surface area (Å²) in [4.78, 5) is 13.4. The maximum atomic E-state index is 13.4. The van der Waals surface area contributed by atoms with Crippen LogP contribution >= 0.6 is 7.60 Å². The number of carbonyl (C=O) groups is 1. The summed E-state index contributed by atoms with van der Waals surface area (Å²) < 4.78 is 23.7. The number of carbonyl (C=O) groups excluding carboxylic acids is 1. The second kappa shape index (κ2) is 8.10. The Morgan fingerprint density at radius 2 is 1.63 bits per heavy atom. The highest BCUT2D eigenvalue weighted by Gasteiger charge is 2.32. The fourth-order valence-corrected chi connectivity index (χ4v) is 4.71. The number of rotatable bonds is 6. The van der Waals surface area contributed by atoms with Crippen LogP contribution in [0.1, 0.15) is 60.3 Å². The van der Waals surface area contributed by atoms with Crippen molar-refractivity contribution in [1.29, 1.82) is 0 Å². The highest BCUT2D eigenvalue weighted by Crippen LogP contribution is 2.47. The van der Waals surface area contributed by atoms with Gasteiger partial charge in [0.05, 0.1) is 11.9 Å². The maximum absolute atomic E-state index is 13.4. The zero-order valence-electron chi connectivity index (χ0n) is 17.3. The molecule has 27 heavy (non-hydrogen) atoms. The minimum Gasteiger partial charge on any atom is -0.309 e. The van der Waals surface area contributed by atoms with Gasteiger partial charge in [0.2, 0.25) is 0 Å². The summed E-state index contributed by atoms with van der Waals surface area (Å²) in [5.74, 6) is -0.168. The van der Waals surface area contributed by atoms with Crippen LogP contribution in [0.5, 0.6) is 0 Å². The summed E-state index contributed by atoms with van der Waals surface area (Å²) in [6.45, 7) is 12.3. The highest BCUT2D eigenvalue weighted by atomic mass is 31.2. The maximum Gasteiger partial charge on any atom is 0.361 e. The smallest absolute Gasteiger partial charge is 0.309 e. The van der Waals surface area contributed by atoms with E-state index in [1.807, 2.05) is 13.8 Å². The average Bonchev–Trinajstić information content (AvgIpc) is 2.60. The van der Waals surface area contributed by atoms with Crippen molar-refractivity contribution in [3.63, 3.8) is 0 Å². The number of hydrogen-bond acceptors (Lipinski definition) is 4. The normalized spacial score (nSPS) is 14.0. The molecule has 0 aliphatic heterocycles. The van der Waals surface area contributed by atoms with E-state index in [1.54, 1.807) is 31.2 Å². The lowest BCUT2D eigenvalue weighted by Crippen LogP contribution is -2.21. The molecular formula is C22H29O4P. The molecule has 5 heteroatoms. The molecule has 0 aromatic heterocycles. The first-order chi connectivity index (χ1) is 12.5. The van der Waals surface area contributed by atoms with E-state index in [4.69, 9.17) is 9.05 Å². The first-order valence-corrected chi connectivity index (χ1v) is 10.7. The summed E-state index contributed by atoms with van der Waals surface area (Å²) in [7, 11) is -2.21. The Kier molecular flexibility index (Phi) is 6.47. The van der Waals surface area contributed by atoms with E-state index < -0.39 is 7.60 Å². The molecule has 0 saturated carbocycles. The first kappa shape index (κ1) is 21.6. The Hall–Kier alpha value is -1.74.